The van der Waals surface area contributed by atoms with E-state index in [0.717, 1.165) is 24.9 Å². The molecule has 1 fully saturated rings. The van der Waals surface area contributed by atoms with Crippen LogP contribution in [0, 0.1) is 5.92 Å². The minimum Gasteiger partial charge on any atom is -0.354 e. The van der Waals surface area contributed by atoms with E-state index >= 15 is 0 Å². The first kappa shape index (κ1) is 19.4. The predicted molar refractivity (Wildman–Crippen MR) is 103 cm³/mol. The van der Waals surface area contributed by atoms with Gasteiger partial charge in [-0.1, -0.05) is 32.0 Å². The summed E-state index contributed by atoms with van der Waals surface area (Å²) >= 11 is 0. The Morgan fingerprint density at radius 1 is 1.22 bits per heavy atom. The third-order valence-electron chi connectivity index (χ3n) is 5.30. The van der Waals surface area contributed by atoms with Gasteiger partial charge in [-0.05, 0) is 36.8 Å². The summed E-state index contributed by atoms with van der Waals surface area (Å²) in [6.45, 7) is 6.64. The van der Waals surface area contributed by atoms with Crippen molar-refractivity contribution < 1.29 is 14.4 Å². The van der Waals surface area contributed by atoms with E-state index < -0.39 is 6.04 Å². The largest absolute Gasteiger partial charge is 0.354 e. The average Bonchev–Trinajstić information content (AvgIpc) is 3.20. The van der Waals surface area contributed by atoms with Crippen molar-refractivity contribution in [2.45, 2.75) is 52.1 Å². The standard InChI is InChI=1S/C21H29N3O3/c1-15(2)13-18(24-14-16-7-3-4-8-17(16)21(24)27)20(26)22-10-6-12-23-11-5-9-19(23)25/h3-4,7-8,15,18H,5-6,9-14H2,1-2H3,(H,22,26)/t18-/m0/s1. The summed E-state index contributed by atoms with van der Waals surface area (Å²) in [6, 6.07) is 7.10. The number of nitrogens with one attached hydrogen (secondary N) is 1. The fourth-order valence-corrected chi connectivity index (χ4v) is 3.89. The van der Waals surface area contributed by atoms with Crippen molar-refractivity contribution in [1.29, 1.82) is 0 Å². The van der Waals surface area contributed by atoms with Crippen LogP contribution in [0.1, 0.15) is 55.5 Å². The van der Waals surface area contributed by atoms with E-state index in [0.29, 0.717) is 44.0 Å². The Labute approximate surface area is 160 Å². The van der Waals surface area contributed by atoms with Gasteiger partial charge in [-0.2, -0.15) is 0 Å². The number of nitrogens with zero attached hydrogens (tertiary/aromatic N) is 2. The van der Waals surface area contributed by atoms with E-state index in [1.807, 2.05) is 29.2 Å². The average molecular weight is 371 g/mol. The maximum Gasteiger partial charge on any atom is 0.255 e. The molecule has 0 spiro atoms. The molecule has 1 N–H and O–H groups in total. The molecule has 3 rings (SSSR count). The van der Waals surface area contributed by atoms with Crippen molar-refractivity contribution in [2.75, 3.05) is 19.6 Å². The SMILES string of the molecule is CC(C)C[C@@H](C(=O)NCCCN1CCCC1=O)N1Cc2ccccc2C1=O. The van der Waals surface area contributed by atoms with Gasteiger partial charge in [0.05, 0.1) is 0 Å². The predicted octanol–water partition coefficient (Wildman–Crippen LogP) is 2.19. The Bertz CT molecular complexity index is 716. The Hall–Kier alpha value is -2.37. The maximum absolute atomic E-state index is 12.8. The molecular weight excluding hydrogens is 342 g/mol. The van der Waals surface area contributed by atoms with E-state index in [1.54, 1.807) is 4.90 Å². The van der Waals surface area contributed by atoms with E-state index in [9.17, 15) is 14.4 Å². The summed E-state index contributed by atoms with van der Waals surface area (Å²) in [6.07, 6.45) is 2.94. The molecule has 0 saturated carbocycles. The van der Waals surface area contributed by atoms with Gasteiger partial charge in [0.2, 0.25) is 11.8 Å². The first-order valence-corrected chi connectivity index (χ1v) is 9.91. The van der Waals surface area contributed by atoms with Crippen LogP contribution in [-0.2, 0) is 16.1 Å². The minimum absolute atomic E-state index is 0.0611. The lowest BCUT2D eigenvalue weighted by atomic mass is 10.0. The van der Waals surface area contributed by atoms with E-state index in [2.05, 4.69) is 19.2 Å². The van der Waals surface area contributed by atoms with Gasteiger partial charge in [0.1, 0.15) is 6.04 Å². The van der Waals surface area contributed by atoms with Crippen LogP contribution < -0.4 is 5.32 Å². The molecule has 0 radical (unpaired) electrons. The minimum atomic E-state index is -0.460. The Balaban J connectivity index is 1.57. The van der Waals surface area contributed by atoms with Crippen molar-refractivity contribution in [3.8, 4) is 0 Å². The molecular formula is C21H29N3O3. The number of carbonyl (C=O) groups is 3. The number of amides is 3. The highest BCUT2D eigenvalue weighted by molar-refractivity contribution is 6.01. The van der Waals surface area contributed by atoms with Crippen molar-refractivity contribution in [1.82, 2.24) is 15.1 Å². The molecule has 0 unspecified atom stereocenters. The Morgan fingerprint density at radius 2 is 2.00 bits per heavy atom. The second-order valence-corrected chi connectivity index (χ2v) is 7.86. The number of hydrogen-bond acceptors (Lipinski definition) is 3. The van der Waals surface area contributed by atoms with Crippen molar-refractivity contribution in [3.63, 3.8) is 0 Å². The first-order chi connectivity index (χ1) is 13.0. The molecule has 6 heteroatoms. The van der Waals surface area contributed by atoms with Crippen LogP contribution in [-0.4, -0.2) is 53.2 Å². The monoisotopic (exact) mass is 371 g/mol. The molecule has 0 aliphatic carbocycles. The molecule has 3 amide bonds. The molecule has 1 atom stereocenters. The molecule has 1 saturated heterocycles. The number of likely N-dealkylation sites (tertiary alicyclic amines) is 1. The molecule has 2 aliphatic heterocycles. The molecule has 6 nitrogen and oxygen atoms in total. The third-order valence-corrected chi connectivity index (χ3v) is 5.30. The summed E-state index contributed by atoms with van der Waals surface area (Å²) in [5, 5.41) is 2.98. The molecule has 0 bridgehead atoms. The lowest BCUT2D eigenvalue weighted by Gasteiger charge is -2.28. The van der Waals surface area contributed by atoms with Gasteiger partial charge in [0, 0.05) is 38.2 Å². The summed E-state index contributed by atoms with van der Waals surface area (Å²) in [4.78, 5) is 40.8. The topological polar surface area (TPSA) is 69.7 Å². The number of carbonyl (C=O) groups excluding carboxylic acids is 3. The molecule has 1 aromatic carbocycles. The Kier molecular flexibility index (Phi) is 6.14. The van der Waals surface area contributed by atoms with Crippen molar-refractivity contribution in [2.24, 2.45) is 5.92 Å². The van der Waals surface area contributed by atoms with Gasteiger partial charge in [0.15, 0.2) is 0 Å². The van der Waals surface area contributed by atoms with Gasteiger partial charge in [-0.25, -0.2) is 0 Å². The first-order valence-electron chi connectivity index (χ1n) is 9.91. The highest BCUT2D eigenvalue weighted by atomic mass is 16.2. The fraction of sp³-hybridized carbons (Fsp3) is 0.571. The van der Waals surface area contributed by atoms with Crippen LogP contribution in [0.15, 0.2) is 24.3 Å². The number of fused-ring (bicyclic) bond motifs is 1. The summed E-state index contributed by atoms with van der Waals surface area (Å²) < 4.78 is 0. The highest BCUT2D eigenvalue weighted by Crippen LogP contribution is 2.26. The van der Waals surface area contributed by atoms with Gasteiger partial charge in [-0.3, -0.25) is 14.4 Å². The van der Waals surface area contributed by atoms with Gasteiger partial charge in [-0.15, -0.1) is 0 Å². The molecule has 1 aromatic rings. The van der Waals surface area contributed by atoms with E-state index in [1.165, 1.54) is 0 Å². The van der Waals surface area contributed by atoms with Gasteiger partial charge >= 0.3 is 0 Å². The van der Waals surface area contributed by atoms with Crippen LogP contribution in [0.5, 0.6) is 0 Å². The number of rotatable bonds is 8. The molecule has 0 aromatic heterocycles. The van der Waals surface area contributed by atoms with E-state index in [4.69, 9.17) is 0 Å². The maximum atomic E-state index is 12.8. The van der Waals surface area contributed by atoms with Crippen molar-refractivity contribution >= 4 is 17.7 Å². The lowest BCUT2D eigenvalue weighted by Crippen LogP contribution is -2.48. The zero-order valence-electron chi connectivity index (χ0n) is 16.2. The van der Waals surface area contributed by atoms with Gasteiger partial charge in [0.25, 0.3) is 5.91 Å². The van der Waals surface area contributed by atoms with Crippen LogP contribution >= 0.6 is 0 Å². The zero-order chi connectivity index (χ0) is 19.4. The molecule has 2 aliphatic rings. The molecule has 146 valence electrons. The second kappa shape index (κ2) is 8.55. The highest BCUT2D eigenvalue weighted by Gasteiger charge is 2.36. The van der Waals surface area contributed by atoms with Crippen LogP contribution in [0.25, 0.3) is 0 Å². The quantitative estimate of drug-likeness (QED) is 0.712. The summed E-state index contributed by atoms with van der Waals surface area (Å²) in [5.74, 6) is 0.352. The van der Waals surface area contributed by atoms with Crippen molar-refractivity contribution in [3.05, 3.63) is 35.4 Å². The zero-order valence-corrected chi connectivity index (χ0v) is 16.2. The lowest BCUT2D eigenvalue weighted by molar-refractivity contribution is -0.127. The molecule has 2 heterocycles. The summed E-state index contributed by atoms with van der Waals surface area (Å²) in [7, 11) is 0. The number of hydrogen-bond donors (Lipinski definition) is 1. The smallest absolute Gasteiger partial charge is 0.255 e. The normalized spacial score (nSPS) is 17.6. The second-order valence-electron chi connectivity index (χ2n) is 7.86. The fourth-order valence-electron chi connectivity index (χ4n) is 3.89. The summed E-state index contributed by atoms with van der Waals surface area (Å²) in [5.41, 5.74) is 1.68. The van der Waals surface area contributed by atoms with E-state index in [-0.39, 0.29) is 17.7 Å². The third kappa shape index (κ3) is 4.49. The van der Waals surface area contributed by atoms with Gasteiger partial charge < -0.3 is 15.1 Å². The van der Waals surface area contributed by atoms with Crippen LogP contribution in [0.2, 0.25) is 0 Å². The van der Waals surface area contributed by atoms with Crippen LogP contribution in [0.4, 0.5) is 0 Å². The van der Waals surface area contributed by atoms with Crippen LogP contribution in [0.3, 0.4) is 0 Å². The Morgan fingerprint density at radius 3 is 2.67 bits per heavy atom. The molecule has 27 heavy (non-hydrogen) atoms. The number of benzene rings is 1.